The van der Waals surface area contributed by atoms with Gasteiger partial charge in [-0.15, -0.1) is 0 Å². The molecule has 0 bridgehead atoms. The summed E-state index contributed by atoms with van der Waals surface area (Å²) in [5, 5.41) is 11.5. The van der Waals surface area contributed by atoms with Gasteiger partial charge in [0.15, 0.2) is 0 Å². The summed E-state index contributed by atoms with van der Waals surface area (Å²) >= 11 is 0. The van der Waals surface area contributed by atoms with E-state index in [2.05, 4.69) is 60.1 Å². The van der Waals surface area contributed by atoms with Crippen LogP contribution < -0.4 is 0 Å². The lowest BCUT2D eigenvalue weighted by Crippen LogP contribution is -2.55. The Morgan fingerprint density at radius 3 is 2.58 bits per heavy atom. The monoisotopic (exact) mass is 424 g/mol. The van der Waals surface area contributed by atoms with E-state index in [1.165, 1.54) is 11.1 Å². The van der Waals surface area contributed by atoms with E-state index in [4.69, 9.17) is 4.74 Å². The largest absolute Gasteiger partial charge is 0.461 e. The molecule has 1 aromatic carbocycles. The van der Waals surface area contributed by atoms with Crippen LogP contribution in [0.5, 0.6) is 0 Å². The smallest absolute Gasteiger partial charge is 0.311 e. The van der Waals surface area contributed by atoms with Crippen molar-refractivity contribution in [2.45, 2.75) is 51.9 Å². The second-order valence-electron chi connectivity index (χ2n) is 10.4. The van der Waals surface area contributed by atoms with Crippen molar-refractivity contribution in [3.05, 3.63) is 47.5 Å². The van der Waals surface area contributed by atoms with Crippen molar-refractivity contribution in [3.63, 3.8) is 0 Å². The van der Waals surface area contributed by atoms with Gasteiger partial charge in [-0.1, -0.05) is 55.8 Å². The Morgan fingerprint density at radius 2 is 1.84 bits per heavy atom. The third kappa shape index (κ3) is 3.75. The summed E-state index contributed by atoms with van der Waals surface area (Å²) in [6, 6.07) is 10.6. The fourth-order valence-electron chi connectivity index (χ4n) is 6.52. The van der Waals surface area contributed by atoms with E-state index in [0.717, 1.165) is 52.0 Å². The van der Waals surface area contributed by atoms with Gasteiger partial charge in [0.05, 0.1) is 12.0 Å². The Kier molecular flexibility index (Phi) is 5.70. The van der Waals surface area contributed by atoms with Gasteiger partial charge in [0.25, 0.3) is 0 Å². The Balaban J connectivity index is 1.24. The van der Waals surface area contributed by atoms with E-state index in [1.807, 2.05) is 0 Å². The van der Waals surface area contributed by atoms with Crippen molar-refractivity contribution in [3.8, 4) is 0 Å². The number of benzene rings is 1. The SMILES string of the molecule is CC1CCC=C2C[C@H]3OC(=O)C(CN4CCN(Cc5ccccc5)CC4)[C@H]3C(O)[C@@]21C. The number of esters is 1. The molecule has 5 heteroatoms. The molecule has 1 saturated carbocycles. The number of fused-ring (bicyclic) bond motifs is 2. The number of piperazine rings is 1. The van der Waals surface area contributed by atoms with Crippen LogP contribution in [0.2, 0.25) is 0 Å². The molecule has 168 valence electrons. The van der Waals surface area contributed by atoms with Crippen LogP contribution >= 0.6 is 0 Å². The molecule has 5 nitrogen and oxygen atoms in total. The number of ether oxygens (including phenoxy) is 1. The number of carbonyl (C=O) groups excluding carboxylic acids is 1. The summed E-state index contributed by atoms with van der Waals surface area (Å²) in [5.41, 5.74) is 2.44. The average Bonchev–Trinajstić information content (AvgIpc) is 3.07. The molecule has 1 aromatic rings. The van der Waals surface area contributed by atoms with Gasteiger partial charge in [0.2, 0.25) is 0 Å². The molecule has 31 heavy (non-hydrogen) atoms. The van der Waals surface area contributed by atoms with Gasteiger partial charge < -0.3 is 9.84 Å². The Morgan fingerprint density at radius 1 is 1.13 bits per heavy atom. The number of rotatable bonds is 4. The normalized spacial score (nSPS) is 38.9. The minimum atomic E-state index is -0.511. The lowest BCUT2D eigenvalue weighted by atomic mass is 9.55. The van der Waals surface area contributed by atoms with E-state index in [-0.39, 0.29) is 29.3 Å². The van der Waals surface area contributed by atoms with Crippen LogP contribution in [0.15, 0.2) is 42.0 Å². The van der Waals surface area contributed by atoms with Gasteiger partial charge in [0, 0.05) is 57.0 Å². The molecule has 0 aromatic heterocycles. The van der Waals surface area contributed by atoms with Gasteiger partial charge >= 0.3 is 5.97 Å². The maximum absolute atomic E-state index is 12.9. The summed E-state index contributed by atoms with van der Waals surface area (Å²) in [4.78, 5) is 17.8. The van der Waals surface area contributed by atoms with E-state index in [0.29, 0.717) is 12.5 Å². The predicted octanol–water partition coefficient (Wildman–Crippen LogP) is 3.09. The third-order valence-electron chi connectivity index (χ3n) is 8.74. The summed E-state index contributed by atoms with van der Waals surface area (Å²) in [6.45, 7) is 10.1. The predicted molar refractivity (Wildman–Crippen MR) is 120 cm³/mol. The first-order valence-electron chi connectivity index (χ1n) is 12.0. The highest BCUT2D eigenvalue weighted by atomic mass is 16.6. The zero-order valence-electron chi connectivity index (χ0n) is 18.9. The number of hydrogen-bond acceptors (Lipinski definition) is 5. The van der Waals surface area contributed by atoms with Gasteiger partial charge in [0.1, 0.15) is 6.10 Å². The molecular weight excluding hydrogens is 388 g/mol. The molecule has 5 rings (SSSR count). The standard InChI is InChI=1S/C26H36N2O3/c1-18-7-6-10-20-15-22-23(24(29)26(18,20)2)21(25(30)31-22)17-28-13-11-27(12-14-28)16-19-8-4-3-5-9-19/h3-5,8-10,18,21-24,29H,6-7,11-17H2,1-2H3/t18?,21?,22-,23-,24?,26-/m1/s1. The zero-order valence-corrected chi connectivity index (χ0v) is 18.9. The number of carbonyl (C=O) groups is 1. The molecule has 2 aliphatic carbocycles. The van der Waals surface area contributed by atoms with Crippen LogP contribution in [-0.2, 0) is 16.1 Å². The molecule has 0 spiro atoms. The second kappa shape index (κ2) is 8.34. The van der Waals surface area contributed by atoms with Crippen molar-refractivity contribution in [1.82, 2.24) is 9.80 Å². The highest BCUT2D eigenvalue weighted by molar-refractivity contribution is 5.76. The van der Waals surface area contributed by atoms with Gasteiger partial charge in [-0.2, -0.15) is 0 Å². The molecule has 6 atom stereocenters. The minimum Gasteiger partial charge on any atom is -0.461 e. The Bertz CT molecular complexity index is 832. The molecule has 2 saturated heterocycles. The van der Waals surface area contributed by atoms with Gasteiger partial charge in [-0.3, -0.25) is 14.6 Å². The second-order valence-corrected chi connectivity index (χ2v) is 10.4. The first-order chi connectivity index (χ1) is 15.0. The van der Waals surface area contributed by atoms with Crippen LogP contribution in [0.4, 0.5) is 0 Å². The number of allylic oxidation sites excluding steroid dienone is 1. The zero-order chi connectivity index (χ0) is 21.6. The maximum atomic E-state index is 12.9. The molecule has 4 aliphatic rings. The van der Waals surface area contributed by atoms with Gasteiger partial charge in [-0.25, -0.2) is 0 Å². The number of hydrogen-bond donors (Lipinski definition) is 1. The lowest BCUT2D eigenvalue weighted by molar-refractivity contribution is -0.145. The van der Waals surface area contributed by atoms with Crippen molar-refractivity contribution >= 4 is 5.97 Å². The topological polar surface area (TPSA) is 53.0 Å². The molecule has 0 amide bonds. The number of nitrogens with zero attached hydrogens (tertiary/aromatic N) is 2. The third-order valence-corrected chi connectivity index (χ3v) is 8.74. The fourth-order valence-corrected chi connectivity index (χ4v) is 6.52. The van der Waals surface area contributed by atoms with E-state index < -0.39 is 6.10 Å². The van der Waals surface area contributed by atoms with Crippen molar-refractivity contribution < 1.29 is 14.6 Å². The van der Waals surface area contributed by atoms with E-state index in [9.17, 15) is 9.90 Å². The molecule has 3 fully saturated rings. The molecule has 2 aliphatic heterocycles. The quantitative estimate of drug-likeness (QED) is 0.595. The average molecular weight is 425 g/mol. The van der Waals surface area contributed by atoms with E-state index >= 15 is 0 Å². The van der Waals surface area contributed by atoms with Crippen molar-refractivity contribution in [2.75, 3.05) is 32.7 Å². The lowest BCUT2D eigenvalue weighted by Gasteiger charge is -2.52. The van der Waals surface area contributed by atoms with Crippen LogP contribution in [-0.4, -0.2) is 65.8 Å². The number of aliphatic hydroxyl groups is 1. The highest BCUT2D eigenvalue weighted by Crippen LogP contribution is 2.56. The maximum Gasteiger partial charge on any atom is 0.311 e. The molecular formula is C26H36N2O3. The van der Waals surface area contributed by atoms with Crippen LogP contribution in [0.3, 0.4) is 0 Å². The Hall–Kier alpha value is -1.69. The summed E-state index contributed by atoms with van der Waals surface area (Å²) in [7, 11) is 0. The molecule has 0 radical (unpaired) electrons. The van der Waals surface area contributed by atoms with Crippen molar-refractivity contribution in [1.29, 1.82) is 0 Å². The number of aliphatic hydroxyl groups excluding tert-OH is 1. The van der Waals surface area contributed by atoms with Crippen LogP contribution in [0.1, 0.15) is 38.7 Å². The summed E-state index contributed by atoms with van der Waals surface area (Å²) in [5.74, 6) is 0.0309. The molecule has 3 unspecified atom stereocenters. The first-order valence-corrected chi connectivity index (χ1v) is 12.0. The van der Waals surface area contributed by atoms with Crippen molar-refractivity contribution in [2.24, 2.45) is 23.2 Å². The van der Waals surface area contributed by atoms with Crippen LogP contribution in [0.25, 0.3) is 0 Å². The summed E-state index contributed by atoms with van der Waals surface area (Å²) < 4.78 is 5.84. The fraction of sp³-hybridized carbons (Fsp3) is 0.654. The Labute approximate surface area is 186 Å². The summed E-state index contributed by atoms with van der Waals surface area (Å²) in [6.07, 6.45) is 4.61. The first kappa shape index (κ1) is 21.2. The minimum absolute atomic E-state index is 0.0856. The molecule has 1 N–H and O–H groups in total. The van der Waals surface area contributed by atoms with Gasteiger partial charge in [-0.05, 0) is 24.3 Å². The van der Waals surface area contributed by atoms with Crippen LogP contribution in [0, 0.1) is 23.2 Å². The molecule has 2 heterocycles. The van der Waals surface area contributed by atoms with E-state index in [1.54, 1.807) is 0 Å². The highest BCUT2D eigenvalue weighted by Gasteiger charge is 2.59.